The summed E-state index contributed by atoms with van der Waals surface area (Å²) >= 11 is 0. The third-order valence-electron chi connectivity index (χ3n) is 4.16. The van der Waals surface area contributed by atoms with Crippen LogP contribution in [0.2, 0.25) is 0 Å². The molecule has 5 N–H and O–H groups in total. The Bertz CT molecular complexity index is 606. The first-order valence-electron chi connectivity index (χ1n) is 6.78. The second-order valence-electron chi connectivity index (χ2n) is 5.66. The van der Waals surface area contributed by atoms with Crippen molar-refractivity contribution in [1.82, 2.24) is 14.9 Å². The number of halogens is 1. The number of imidazole rings is 1. The molecule has 9 nitrogen and oxygen atoms in total. The zero-order valence-corrected chi connectivity index (χ0v) is 12.1. The number of hydrogen-bond acceptors (Lipinski definition) is 7. The summed E-state index contributed by atoms with van der Waals surface area (Å²) in [6.45, 7) is 0.650. The smallest absolute Gasteiger partial charge is 0.276 e. The standard InChI is InChI=1S/C12H18FN5O4/c1-12(13)7(20)5(3-19)22-10(12)18-4-15-6-8(21)16-11(14)17(2)9(6)18/h4-5,7,10-11,19-20H,3,14H2,1-2H3,(H,16,21)/t5-,7?,10?,11?,12+/m1/s1. The molecule has 0 aromatic carbocycles. The van der Waals surface area contributed by atoms with Gasteiger partial charge in [0.1, 0.15) is 18.0 Å². The van der Waals surface area contributed by atoms with Gasteiger partial charge in [-0.3, -0.25) is 15.1 Å². The fraction of sp³-hybridized carbons (Fsp3) is 0.667. The van der Waals surface area contributed by atoms with Crippen LogP contribution in [0.1, 0.15) is 23.6 Å². The maximum absolute atomic E-state index is 14.9. The Morgan fingerprint density at radius 3 is 2.91 bits per heavy atom. The molecule has 3 unspecified atom stereocenters. The minimum absolute atomic E-state index is 0.0885. The van der Waals surface area contributed by atoms with Gasteiger partial charge in [-0.2, -0.15) is 0 Å². The zero-order chi connectivity index (χ0) is 16.2. The highest BCUT2D eigenvalue weighted by Gasteiger charge is 2.55. The number of aliphatic hydroxyl groups excluding tert-OH is 2. The van der Waals surface area contributed by atoms with Crippen LogP contribution in [0.25, 0.3) is 0 Å². The average molecular weight is 315 g/mol. The summed E-state index contributed by atoms with van der Waals surface area (Å²) < 4.78 is 21.6. The van der Waals surface area contributed by atoms with Gasteiger partial charge in [0.2, 0.25) is 0 Å². The van der Waals surface area contributed by atoms with Crippen LogP contribution in [-0.2, 0) is 4.74 Å². The molecular weight excluding hydrogens is 297 g/mol. The first-order chi connectivity index (χ1) is 10.3. The molecule has 0 bridgehead atoms. The topological polar surface area (TPSA) is 126 Å². The van der Waals surface area contributed by atoms with E-state index in [9.17, 15) is 19.4 Å². The molecule has 22 heavy (non-hydrogen) atoms. The van der Waals surface area contributed by atoms with Crippen molar-refractivity contribution in [2.45, 2.75) is 37.3 Å². The number of nitrogens with two attached hydrogens (primary N) is 1. The summed E-state index contributed by atoms with van der Waals surface area (Å²) in [6.07, 6.45) is -3.34. The Morgan fingerprint density at radius 2 is 2.32 bits per heavy atom. The summed E-state index contributed by atoms with van der Waals surface area (Å²) in [4.78, 5) is 17.4. The van der Waals surface area contributed by atoms with E-state index in [1.165, 1.54) is 22.7 Å². The lowest BCUT2D eigenvalue weighted by Gasteiger charge is -2.34. The second kappa shape index (κ2) is 4.88. The van der Waals surface area contributed by atoms with Crippen molar-refractivity contribution in [2.75, 3.05) is 18.6 Å². The second-order valence-corrected chi connectivity index (χ2v) is 5.66. The van der Waals surface area contributed by atoms with Gasteiger partial charge in [0.05, 0.1) is 12.9 Å². The molecule has 122 valence electrons. The number of anilines is 1. The Labute approximate surface area is 125 Å². The van der Waals surface area contributed by atoms with Crippen LogP contribution in [0.4, 0.5) is 10.2 Å². The molecule has 1 saturated heterocycles. The Hall–Kier alpha value is -1.75. The summed E-state index contributed by atoms with van der Waals surface area (Å²) in [5.41, 5.74) is 3.71. The van der Waals surface area contributed by atoms with Crippen LogP contribution in [0.15, 0.2) is 6.33 Å². The van der Waals surface area contributed by atoms with Gasteiger partial charge >= 0.3 is 0 Å². The van der Waals surface area contributed by atoms with Gasteiger partial charge in [0.15, 0.2) is 23.9 Å². The normalized spacial score (nSPS) is 38.1. The molecule has 1 aromatic heterocycles. The van der Waals surface area contributed by atoms with E-state index in [4.69, 9.17) is 10.5 Å². The van der Waals surface area contributed by atoms with Gasteiger partial charge in [-0.1, -0.05) is 0 Å². The predicted octanol–water partition coefficient (Wildman–Crippen LogP) is -1.72. The molecule has 1 aromatic rings. The van der Waals surface area contributed by atoms with Crippen molar-refractivity contribution >= 4 is 11.7 Å². The highest BCUT2D eigenvalue weighted by molar-refractivity contribution is 5.99. The first-order valence-corrected chi connectivity index (χ1v) is 6.78. The maximum Gasteiger partial charge on any atom is 0.276 e. The number of nitrogens with one attached hydrogen (secondary N) is 1. The number of carbonyl (C=O) groups is 1. The van der Waals surface area contributed by atoms with Crippen molar-refractivity contribution in [3.05, 3.63) is 12.0 Å². The van der Waals surface area contributed by atoms with Gasteiger partial charge in [-0.15, -0.1) is 0 Å². The third kappa shape index (κ3) is 1.92. The lowest BCUT2D eigenvalue weighted by molar-refractivity contribution is -0.0580. The zero-order valence-electron chi connectivity index (χ0n) is 12.1. The molecule has 10 heteroatoms. The Kier molecular flexibility index (Phi) is 3.36. The molecule has 1 fully saturated rings. The maximum atomic E-state index is 14.9. The van der Waals surface area contributed by atoms with Gasteiger partial charge in [-0.05, 0) is 6.92 Å². The molecule has 3 rings (SSSR count). The fourth-order valence-corrected chi connectivity index (χ4v) is 2.83. The molecule has 3 heterocycles. The van der Waals surface area contributed by atoms with E-state index in [-0.39, 0.29) is 11.5 Å². The highest BCUT2D eigenvalue weighted by Crippen LogP contribution is 2.43. The number of alkyl halides is 1. The van der Waals surface area contributed by atoms with Crippen molar-refractivity contribution in [3.8, 4) is 0 Å². The minimum Gasteiger partial charge on any atom is -0.394 e. The number of nitrogens with zero attached hydrogens (tertiary/aromatic N) is 3. The minimum atomic E-state index is -2.17. The number of ether oxygens (including phenoxy) is 1. The van der Waals surface area contributed by atoms with Gasteiger partial charge in [0.25, 0.3) is 5.91 Å². The van der Waals surface area contributed by atoms with E-state index in [0.717, 1.165) is 0 Å². The molecule has 0 saturated carbocycles. The van der Waals surface area contributed by atoms with Crippen LogP contribution < -0.4 is 16.0 Å². The molecule has 1 amide bonds. The van der Waals surface area contributed by atoms with E-state index in [1.807, 2.05) is 0 Å². The number of hydrogen-bond donors (Lipinski definition) is 4. The average Bonchev–Trinajstić information content (AvgIpc) is 2.98. The van der Waals surface area contributed by atoms with E-state index in [0.29, 0.717) is 0 Å². The van der Waals surface area contributed by atoms with Gasteiger partial charge in [0, 0.05) is 7.05 Å². The number of aliphatic hydroxyl groups is 2. The SMILES string of the molecule is CN1c2c(ncn2C2O[C@H](CO)C(O)[C@]2(C)F)C(=O)NC1N. The van der Waals surface area contributed by atoms with Gasteiger partial charge in [-0.25, -0.2) is 9.37 Å². The lowest BCUT2D eigenvalue weighted by atomic mass is 9.98. The van der Waals surface area contributed by atoms with Crippen molar-refractivity contribution < 1.29 is 24.1 Å². The van der Waals surface area contributed by atoms with Gasteiger partial charge < -0.3 is 25.2 Å². The van der Waals surface area contributed by atoms with Crippen LogP contribution in [0, 0.1) is 0 Å². The van der Waals surface area contributed by atoms with Crippen LogP contribution in [0.5, 0.6) is 0 Å². The summed E-state index contributed by atoms with van der Waals surface area (Å²) in [5, 5.41) is 21.6. The number of amides is 1. The van der Waals surface area contributed by atoms with Crippen LogP contribution in [0.3, 0.4) is 0 Å². The summed E-state index contributed by atoms with van der Waals surface area (Å²) in [6, 6.07) is 0. The van der Waals surface area contributed by atoms with E-state index < -0.39 is 42.9 Å². The summed E-state index contributed by atoms with van der Waals surface area (Å²) in [7, 11) is 1.62. The van der Waals surface area contributed by atoms with E-state index >= 15 is 0 Å². The van der Waals surface area contributed by atoms with E-state index in [2.05, 4.69) is 10.3 Å². The third-order valence-corrected chi connectivity index (χ3v) is 4.16. The quantitative estimate of drug-likeness (QED) is 0.511. The number of aromatic nitrogens is 2. The molecule has 0 aliphatic carbocycles. The molecule has 0 radical (unpaired) electrons. The van der Waals surface area contributed by atoms with Crippen LogP contribution in [-0.4, -0.2) is 63.5 Å². The highest BCUT2D eigenvalue weighted by atomic mass is 19.1. The summed E-state index contributed by atoms with van der Waals surface area (Å²) in [5.74, 6) is -0.187. The molecular formula is C12H18FN5O4. The van der Waals surface area contributed by atoms with E-state index in [1.54, 1.807) is 7.05 Å². The van der Waals surface area contributed by atoms with Crippen LogP contribution >= 0.6 is 0 Å². The fourth-order valence-electron chi connectivity index (χ4n) is 2.83. The molecule has 2 aliphatic rings. The Morgan fingerprint density at radius 1 is 1.64 bits per heavy atom. The monoisotopic (exact) mass is 315 g/mol. The predicted molar refractivity (Wildman–Crippen MR) is 72.6 cm³/mol. The van der Waals surface area contributed by atoms with Crippen molar-refractivity contribution in [1.29, 1.82) is 0 Å². The van der Waals surface area contributed by atoms with Crippen molar-refractivity contribution in [2.24, 2.45) is 5.73 Å². The first kappa shape index (κ1) is 15.2. The number of rotatable bonds is 2. The number of carbonyl (C=O) groups excluding carboxylic acids is 1. The lowest BCUT2D eigenvalue weighted by Crippen LogP contribution is -2.57. The van der Waals surface area contributed by atoms with Crippen molar-refractivity contribution in [3.63, 3.8) is 0 Å². The Balaban J connectivity index is 2.06. The molecule has 0 spiro atoms. The molecule has 2 aliphatic heterocycles. The molecule has 5 atom stereocenters. The largest absolute Gasteiger partial charge is 0.394 e. The number of fused-ring (bicyclic) bond motifs is 1.